The molecule has 3 aromatic heterocycles. The van der Waals surface area contributed by atoms with E-state index in [4.69, 9.17) is 0 Å². The van der Waals surface area contributed by atoms with Gasteiger partial charge in [0.15, 0.2) is 6.20 Å². The van der Waals surface area contributed by atoms with E-state index >= 15 is 0 Å². The van der Waals surface area contributed by atoms with Gasteiger partial charge >= 0.3 is 0 Å². The van der Waals surface area contributed by atoms with Crippen molar-refractivity contribution in [3.63, 3.8) is 0 Å². The fourth-order valence-corrected chi connectivity index (χ4v) is 5.03. The lowest BCUT2D eigenvalue weighted by molar-refractivity contribution is -0.643. The number of hydrogen-bond acceptors (Lipinski definition) is 1. The van der Waals surface area contributed by atoms with Gasteiger partial charge in [-0.1, -0.05) is 30.3 Å². The van der Waals surface area contributed by atoms with Gasteiger partial charge in [-0.05, 0) is 42.5 Å². The van der Waals surface area contributed by atoms with Crippen molar-refractivity contribution in [3.05, 3.63) is 71.4 Å². The normalized spacial score (nSPS) is 12.1. The lowest BCUT2D eigenvalue weighted by atomic mass is 9.92. The molecule has 0 aliphatic rings. The summed E-state index contributed by atoms with van der Waals surface area (Å²) < 4.78 is 4.59. The van der Waals surface area contributed by atoms with Crippen LogP contribution < -0.4 is 4.57 Å². The zero-order chi connectivity index (χ0) is 19.2. The van der Waals surface area contributed by atoms with Crippen molar-refractivity contribution < 1.29 is 4.57 Å². The lowest BCUT2D eigenvalue weighted by Gasteiger charge is -2.14. The maximum Gasteiger partial charge on any atom is 0.224 e. The molecule has 28 heavy (non-hydrogen) atoms. The second-order valence-corrected chi connectivity index (χ2v) is 7.70. The number of hydrogen-bond donors (Lipinski definition) is 0. The van der Waals surface area contributed by atoms with Crippen molar-refractivity contribution in [2.45, 2.75) is 13.8 Å². The van der Waals surface area contributed by atoms with Gasteiger partial charge in [0.05, 0.1) is 32.9 Å². The summed E-state index contributed by atoms with van der Waals surface area (Å²) in [5.74, 6) is 0. The standard InChI is InChI=1S/C25H18N3/c1-14-15(2)21-24-22-16(11-12-27(24)3)7-6-10-20(22)28-19-9-5-4-8-17(19)23(25(21)28)18(14)13-26/h4-12H,1-3H3/q+1. The molecule has 0 aliphatic carbocycles. The van der Waals surface area contributed by atoms with Crippen LogP contribution in [0, 0.1) is 25.2 Å². The first kappa shape index (κ1) is 15.4. The summed E-state index contributed by atoms with van der Waals surface area (Å²) in [4.78, 5) is 0. The Hall–Kier alpha value is -3.64. The molecule has 6 aromatic rings. The minimum atomic E-state index is 0.792. The molecule has 132 valence electrons. The van der Waals surface area contributed by atoms with E-state index in [0.29, 0.717) is 0 Å². The summed E-state index contributed by atoms with van der Waals surface area (Å²) in [6.07, 6.45) is 2.14. The molecule has 6 rings (SSSR count). The summed E-state index contributed by atoms with van der Waals surface area (Å²) in [5, 5.41) is 16.0. The highest BCUT2D eigenvalue weighted by atomic mass is 15.0. The van der Waals surface area contributed by atoms with Crippen molar-refractivity contribution in [1.82, 2.24) is 4.40 Å². The number of aromatic nitrogens is 2. The predicted octanol–water partition coefficient (Wildman–Crippen LogP) is 5.30. The summed E-state index contributed by atoms with van der Waals surface area (Å²) in [5.41, 5.74) is 7.79. The van der Waals surface area contributed by atoms with Gasteiger partial charge in [-0.3, -0.25) is 0 Å². The zero-order valence-corrected chi connectivity index (χ0v) is 16.0. The summed E-state index contributed by atoms with van der Waals surface area (Å²) in [6, 6.07) is 19.6. The molecule has 0 fully saturated rings. The average Bonchev–Trinajstić information content (AvgIpc) is 3.05. The van der Waals surface area contributed by atoms with Crippen molar-refractivity contribution >= 4 is 49.0 Å². The van der Waals surface area contributed by atoms with Crippen molar-refractivity contribution in [1.29, 1.82) is 5.26 Å². The molecule has 0 N–H and O–H groups in total. The largest absolute Gasteiger partial charge is 0.307 e. The first-order valence-electron chi connectivity index (χ1n) is 9.52. The monoisotopic (exact) mass is 360 g/mol. The van der Waals surface area contributed by atoms with Gasteiger partial charge in [0, 0.05) is 16.8 Å². The minimum absolute atomic E-state index is 0.792. The topological polar surface area (TPSA) is 32.1 Å². The molecule has 0 atom stereocenters. The highest BCUT2D eigenvalue weighted by Crippen LogP contribution is 2.43. The molecule has 0 spiro atoms. The van der Waals surface area contributed by atoms with E-state index in [-0.39, 0.29) is 0 Å². The van der Waals surface area contributed by atoms with Crippen LogP contribution >= 0.6 is 0 Å². The molecule has 0 saturated carbocycles. The molecule has 0 amide bonds. The number of aryl methyl sites for hydroxylation is 2. The third kappa shape index (κ3) is 1.58. The van der Waals surface area contributed by atoms with Crippen LogP contribution in [0.25, 0.3) is 49.0 Å². The zero-order valence-electron chi connectivity index (χ0n) is 16.0. The quantitative estimate of drug-likeness (QED) is 0.205. The number of benzene rings is 3. The molecule has 3 aromatic carbocycles. The van der Waals surface area contributed by atoms with E-state index in [0.717, 1.165) is 32.9 Å². The molecule has 0 saturated heterocycles. The number of para-hydroxylation sites is 1. The Bertz CT molecular complexity index is 1640. The highest BCUT2D eigenvalue weighted by molar-refractivity contribution is 6.27. The Labute approximate surface area is 162 Å². The minimum Gasteiger partial charge on any atom is -0.307 e. The number of nitrogens with zero attached hydrogens (tertiary/aromatic N) is 3. The number of pyridine rings is 2. The van der Waals surface area contributed by atoms with Crippen molar-refractivity contribution in [2.24, 2.45) is 7.05 Å². The maximum absolute atomic E-state index is 10.0. The van der Waals surface area contributed by atoms with Crippen LogP contribution in [-0.4, -0.2) is 4.40 Å². The molecule has 0 radical (unpaired) electrons. The molecule has 0 unspecified atom stereocenters. The van der Waals surface area contributed by atoms with Crippen molar-refractivity contribution in [3.8, 4) is 6.07 Å². The first-order valence-corrected chi connectivity index (χ1v) is 9.52. The lowest BCUT2D eigenvalue weighted by Crippen LogP contribution is -2.29. The summed E-state index contributed by atoms with van der Waals surface area (Å²) in [6.45, 7) is 4.23. The van der Waals surface area contributed by atoms with Gasteiger partial charge in [-0.25, -0.2) is 4.57 Å². The van der Waals surface area contributed by atoms with Gasteiger partial charge in [-0.15, -0.1) is 0 Å². The van der Waals surface area contributed by atoms with Crippen LogP contribution in [0.2, 0.25) is 0 Å². The molecule has 3 heterocycles. The molecular formula is C25H18N3+. The Kier molecular flexibility index (Phi) is 2.75. The van der Waals surface area contributed by atoms with Crippen LogP contribution in [0.1, 0.15) is 16.7 Å². The van der Waals surface area contributed by atoms with Crippen LogP contribution in [0.3, 0.4) is 0 Å². The molecule has 3 nitrogen and oxygen atoms in total. The van der Waals surface area contributed by atoms with Gasteiger partial charge in [-0.2, -0.15) is 5.26 Å². The van der Waals surface area contributed by atoms with Gasteiger partial charge in [0.2, 0.25) is 5.52 Å². The fourth-order valence-electron chi connectivity index (χ4n) is 5.03. The molecule has 3 heteroatoms. The number of nitriles is 1. The third-order valence-electron chi connectivity index (χ3n) is 6.41. The van der Waals surface area contributed by atoms with Crippen LogP contribution in [0.15, 0.2) is 54.7 Å². The number of rotatable bonds is 0. The van der Waals surface area contributed by atoms with Gasteiger partial charge < -0.3 is 4.40 Å². The van der Waals surface area contributed by atoms with E-state index in [1.54, 1.807) is 0 Å². The Morgan fingerprint density at radius 3 is 2.46 bits per heavy atom. The van der Waals surface area contributed by atoms with Gasteiger partial charge in [0.1, 0.15) is 13.1 Å². The summed E-state index contributed by atoms with van der Waals surface area (Å²) in [7, 11) is 2.11. The predicted molar refractivity (Wildman–Crippen MR) is 114 cm³/mol. The van der Waals surface area contributed by atoms with E-state index in [2.05, 4.69) is 90.7 Å². The summed E-state index contributed by atoms with van der Waals surface area (Å²) >= 11 is 0. The Morgan fingerprint density at radius 2 is 1.64 bits per heavy atom. The van der Waals surface area contributed by atoms with E-state index in [1.807, 2.05) is 0 Å². The number of fused-ring (bicyclic) bond motifs is 5. The Balaban J connectivity index is 2.19. The second-order valence-electron chi connectivity index (χ2n) is 7.70. The van der Waals surface area contributed by atoms with Gasteiger partial charge in [0.25, 0.3) is 0 Å². The molecule has 0 aliphatic heterocycles. The average molecular weight is 360 g/mol. The highest BCUT2D eigenvalue weighted by Gasteiger charge is 2.26. The van der Waals surface area contributed by atoms with Crippen molar-refractivity contribution in [2.75, 3.05) is 0 Å². The van der Waals surface area contributed by atoms with Crippen LogP contribution in [0.5, 0.6) is 0 Å². The van der Waals surface area contributed by atoms with Crippen LogP contribution in [-0.2, 0) is 7.05 Å². The van der Waals surface area contributed by atoms with E-state index in [1.165, 1.54) is 32.8 Å². The first-order chi connectivity index (χ1) is 13.6. The smallest absolute Gasteiger partial charge is 0.224 e. The fraction of sp³-hybridized carbons (Fsp3) is 0.120. The maximum atomic E-state index is 10.0. The molecular weight excluding hydrogens is 342 g/mol. The molecule has 0 bridgehead atoms. The Morgan fingerprint density at radius 1 is 0.857 bits per heavy atom. The van der Waals surface area contributed by atoms with E-state index in [9.17, 15) is 5.26 Å². The second kappa shape index (κ2) is 4.99. The SMILES string of the molecule is Cc1c(C#N)c2c3ccccc3n3c4cccc5cc[n+](C)c(c(c1C)c23)c54. The third-order valence-corrected chi connectivity index (χ3v) is 6.41. The van der Waals surface area contributed by atoms with E-state index < -0.39 is 0 Å². The van der Waals surface area contributed by atoms with Crippen LogP contribution in [0.4, 0.5) is 0 Å².